The molecule has 17 heavy (non-hydrogen) atoms. The number of aryl methyl sites for hydroxylation is 1. The van der Waals surface area contributed by atoms with E-state index in [0.29, 0.717) is 16.4 Å². The third-order valence-electron chi connectivity index (χ3n) is 2.41. The Kier molecular flexibility index (Phi) is 3.21. The summed E-state index contributed by atoms with van der Waals surface area (Å²) in [6.07, 6.45) is 1.53. The van der Waals surface area contributed by atoms with Crippen molar-refractivity contribution in [1.29, 1.82) is 0 Å². The number of sulfonamides is 1. The van der Waals surface area contributed by atoms with Crippen molar-refractivity contribution in [3.8, 4) is 0 Å². The summed E-state index contributed by atoms with van der Waals surface area (Å²) in [7, 11) is -3.47. The molecule has 0 bridgehead atoms. The molecule has 5 nitrogen and oxygen atoms in total. The summed E-state index contributed by atoms with van der Waals surface area (Å²) in [6, 6.07) is 3.29. The van der Waals surface area contributed by atoms with E-state index in [4.69, 9.17) is 0 Å². The lowest BCUT2D eigenvalue weighted by Gasteiger charge is -2.05. The van der Waals surface area contributed by atoms with Gasteiger partial charge in [0, 0.05) is 6.54 Å². The molecule has 2 aromatic rings. The number of hydrogen-bond acceptors (Lipinski definition) is 4. The third kappa shape index (κ3) is 2.34. The Hall–Kier alpha value is -1.34. The molecule has 0 fully saturated rings. The minimum absolute atomic E-state index is 0.307. The molecule has 0 amide bonds. The lowest BCUT2D eigenvalue weighted by molar-refractivity contribution is 0.603. The maximum absolute atomic E-state index is 12.0. The predicted octanol–water partition coefficient (Wildman–Crippen LogP) is 2.07. The summed E-state index contributed by atoms with van der Waals surface area (Å²) >= 11 is 1.19. The minimum Gasteiger partial charge on any atom is -0.275 e. The van der Waals surface area contributed by atoms with E-state index in [1.54, 1.807) is 22.2 Å². The van der Waals surface area contributed by atoms with Crippen LogP contribution < -0.4 is 4.72 Å². The summed E-state index contributed by atoms with van der Waals surface area (Å²) in [5, 5.41) is 5.83. The van der Waals surface area contributed by atoms with Crippen molar-refractivity contribution in [1.82, 2.24) is 9.78 Å². The molecule has 0 aliphatic carbocycles. The lowest BCUT2D eigenvalue weighted by Crippen LogP contribution is -2.12. The van der Waals surface area contributed by atoms with Crippen LogP contribution in [0.4, 0.5) is 5.69 Å². The molecular weight excluding hydrogens is 258 g/mol. The maximum Gasteiger partial charge on any atom is 0.271 e. The first-order valence-electron chi connectivity index (χ1n) is 5.13. The molecule has 7 heteroatoms. The Balaban J connectivity index is 2.30. The number of rotatable bonds is 4. The van der Waals surface area contributed by atoms with Gasteiger partial charge < -0.3 is 0 Å². The van der Waals surface area contributed by atoms with Gasteiger partial charge in [-0.1, -0.05) is 6.07 Å². The van der Waals surface area contributed by atoms with Crippen molar-refractivity contribution in [2.75, 3.05) is 4.72 Å². The highest BCUT2D eigenvalue weighted by molar-refractivity contribution is 7.94. The summed E-state index contributed by atoms with van der Waals surface area (Å²) in [6.45, 7) is 4.51. The van der Waals surface area contributed by atoms with Crippen LogP contribution in [-0.4, -0.2) is 18.2 Å². The van der Waals surface area contributed by atoms with E-state index in [1.807, 2.05) is 13.8 Å². The fourth-order valence-corrected chi connectivity index (χ4v) is 3.57. The largest absolute Gasteiger partial charge is 0.275 e. The molecule has 2 aromatic heterocycles. The Labute approximate surface area is 104 Å². The van der Waals surface area contributed by atoms with Crippen LogP contribution in [0.25, 0.3) is 0 Å². The smallest absolute Gasteiger partial charge is 0.271 e. The highest BCUT2D eigenvalue weighted by Crippen LogP contribution is 2.22. The van der Waals surface area contributed by atoms with Crippen molar-refractivity contribution in [3.05, 3.63) is 29.4 Å². The average molecular weight is 271 g/mol. The predicted molar refractivity (Wildman–Crippen MR) is 67.8 cm³/mol. The van der Waals surface area contributed by atoms with Crippen molar-refractivity contribution < 1.29 is 8.42 Å². The number of nitrogens with zero attached hydrogens (tertiary/aromatic N) is 2. The molecule has 92 valence electrons. The van der Waals surface area contributed by atoms with Gasteiger partial charge in [-0.15, -0.1) is 11.3 Å². The number of nitrogens with one attached hydrogen (secondary N) is 1. The van der Waals surface area contributed by atoms with Crippen LogP contribution in [0.1, 0.15) is 12.6 Å². The molecule has 0 saturated heterocycles. The van der Waals surface area contributed by atoms with Crippen LogP contribution in [0, 0.1) is 6.92 Å². The van der Waals surface area contributed by atoms with Crippen molar-refractivity contribution in [2.24, 2.45) is 0 Å². The van der Waals surface area contributed by atoms with Crippen LogP contribution in [0.15, 0.2) is 27.9 Å². The molecule has 0 aliphatic heterocycles. The van der Waals surface area contributed by atoms with Gasteiger partial charge in [0.1, 0.15) is 4.21 Å². The standard InChI is InChI=1S/C10H13N3O2S2/c1-3-13-8(2)9(7-11-13)12-17(14,15)10-5-4-6-16-10/h4-7,12H,3H2,1-2H3. The molecule has 2 heterocycles. The Morgan fingerprint density at radius 3 is 2.82 bits per heavy atom. The Morgan fingerprint density at radius 1 is 1.53 bits per heavy atom. The number of thiophene rings is 1. The van der Waals surface area contributed by atoms with Gasteiger partial charge in [-0.25, -0.2) is 8.42 Å². The van der Waals surface area contributed by atoms with E-state index in [1.165, 1.54) is 17.5 Å². The topological polar surface area (TPSA) is 64.0 Å². The first-order valence-corrected chi connectivity index (χ1v) is 7.49. The van der Waals surface area contributed by atoms with E-state index in [2.05, 4.69) is 9.82 Å². The van der Waals surface area contributed by atoms with E-state index in [9.17, 15) is 8.42 Å². The van der Waals surface area contributed by atoms with E-state index < -0.39 is 10.0 Å². The molecule has 0 spiro atoms. The van der Waals surface area contributed by atoms with Gasteiger partial charge in [0.2, 0.25) is 0 Å². The quantitative estimate of drug-likeness (QED) is 0.926. The summed E-state index contributed by atoms with van der Waals surface area (Å²) in [4.78, 5) is 0. The van der Waals surface area contributed by atoms with Crippen LogP contribution in [0.3, 0.4) is 0 Å². The zero-order valence-electron chi connectivity index (χ0n) is 9.54. The summed E-state index contributed by atoms with van der Waals surface area (Å²) in [5.41, 5.74) is 1.34. The Morgan fingerprint density at radius 2 is 2.29 bits per heavy atom. The van der Waals surface area contributed by atoms with Gasteiger partial charge in [-0.3, -0.25) is 9.40 Å². The van der Waals surface area contributed by atoms with Gasteiger partial charge in [0.25, 0.3) is 10.0 Å². The van der Waals surface area contributed by atoms with Crippen molar-refractivity contribution in [2.45, 2.75) is 24.6 Å². The Bertz CT molecular complexity index is 600. The molecule has 1 N–H and O–H groups in total. The van der Waals surface area contributed by atoms with E-state index >= 15 is 0 Å². The highest BCUT2D eigenvalue weighted by atomic mass is 32.2. The molecule has 0 saturated carbocycles. The maximum atomic E-state index is 12.0. The van der Waals surface area contributed by atoms with Crippen LogP contribution in [0.5, 0.6) is 0 Å². The third-order valence-corrected chi connectivity index (χ3v) is 5.17. The average Bonchev–Trinajstić information content (AvgIpc) is 2.90. The van der Waals surface area contributed by atoms with Gasteiger partial charge >= 0.3 is 0 Å². The zero-order chi connectivity index (χ0) is 12.5. The molecule has 0 aromatic carbocycles. The fourth-order valence-electron chi connectivity index (χ4n) is 1.48. The second-order valence-electron chi connectivity index (χ2n) is 3.50. The second-order valence-corrected chi connectivity index (χ2v) is 6.35. The van der Waals surface area contributed by atoms with E-state index in [0.717, 1.165) is 5.69 Å². The number of hydrogen-bond donors (Lipinski definition) is 1. The molecule has 2 rings (SSSR count). The first-order chi connectivity index (χ1) is 8.04. The van der Waals surface area contributed by atoms with Gasteiger partial charge in [-0.05, 0) is 25.3 Å². The second kappa shape index (κ2) is 4.50. The summed E-state index contributed by atoms with van der Waals surface area (Å²) < 4.78 is 28.5. The van der Waals surface area contributed by atoms with Crippen LogP contribution in [0.2, 0.25) is 0 Å². The normalized spacial score (nSPS) is 11.6. The number of aromatic nitrogens is 2. The SMILES string of the molecule is CCn1ncc(NS(=O)(=O)c2cccs2)c1C. The van der Waals surface area contributed by atoms with Crippen LogP contribution in [-0.2, 0) is 16.6 Å². The molecule has 0 unspecified atom stereocenters. The minimum atomic E-state index is -3.47. The molecular formula is C10H13N3O2S2. The number of anilines is 1. The van der Waals surface area contributed by atoms with Gasteiger partial charge in [-0.2, -0.15) is 5.10 Å². The molecule has 0 atom stereocenters. The van der Waals surface area contributed by atoms with Gasteiger partial charge in [0.15, 0.2) is 0 Å². The van der Waals surface area contributed by atoms with E-state index in [-0.39, 0.29) is 0 Å². The monoisotopic (exact) mass is 271 g/mol. The zero-order valence-corrected chi connectivity index (χ0v) is 11.2. The first kappa shape index (κ1) is 12.1. The van der Waals surface area contributed by atoms with Crippen LogP contribution >= 0.6 is 11.3 Å². The molecule has 0 aliphatic rings. The molecule has 0 radical (unpaired) electrons. The van der Waals surface area contributed by atoms with Crippen molar-refractivity contribution >= 4 is 27.0 Å². The van der Waals surface area contributed by atoms with Gasteiger partial charge in [0.05, 0.1) is 17.6 Å². The lowest BCUT2D eigenvalue weighted by atomic mass is 10.4. The highest BCUT2D eigenvalue weighted by Gasteiger charge is 2.17. The van der Waals surface area contributed by atoms with Crippen molar-refractivity contribution in [3.63, 3.8) is 0 Å². The summed E-state index contributed by atoms with van der Waals surface area (Å²) in [5.74, 6) is 0. The fraction of sp³-hybridized carbons (Fsp3) is 0.300.